The molecule has 4 fully saturated rings. The minimum absolute atomic E-state index is 0.357. The van der Waals surface area contributed by atoms with Crippen molar-refractivity contribution in [1.82, 2.24) is 5.01 Å². The predicted octanol–water partition coefficient (Wildman–Crippen LogP) is 4.49. The van der Waals surface area contributed by atoms with Gasteiger partial charge >= 0.3 is 5.97 Å². The standard InChI is InChI=1S/C26H27ClN2O5/c27-19-5-3-18(4-6-19)20-9-21(22-2-1-7-33-22)29(28-20)23(30)14-34-24(31)25-10-16-8-17(11-25)13-26(32,12-16)15-25/h1-7,16-17,21,32H,8-15H2. The van der Waals surface area contributed by atoms with Crippen molar-refractivity contribution in [2.45, 2.75) is 56.6 Å². The Labute approximate surface area is 202 Å². The highest BCUT2D eigenvalue weighted by molar-refractivity contribution is 6.30. The first-order valence-corrected chi connectivity index (χ1v) is 12.3. The number of hydrogen-bond donors (Lipinski definition) is 1. The van der Waals surface area contributed by atoms with E-state index in [4.69, 9.17) is 20.8 Å². The number of aliphatic hydroxyl groups is 1. The average molecular weight is 483 g/mol. The van der Waals surface area contributed by atoms with E-state index in [1.54, 1.807) is 24.5 Å². The number of amides is 1. The van der Waals surface area contributed by atoms with Crippen LogP contribution < -0.4 is 0 Å². The van der Waals surface area contributed by atoms with Gasteiger partial charge in [-0.15, -0.1) is 0 Å². The first-order valence-electron chi connectivity index (χ1n) is 11.9. The zero-order valence-electron chi connectivity index (χ0n) is 18.8. The average Bonchev–Trinajstić information content (AvgIpc) is 3.46. The maximum absolute atomic E-state index is 13.2. The molecule has 8 heteroatoms. The second-order valence-corrected chi connectivity index (χ2v) is 11.0. The van der Waals surface area contributed by atoms with E-state index < -0.39 is 23.0 Å². The van der Waals surface area contributed by atoms with Gasteiger partial charge in [-0.1, -0.05) is 23.7 Å². The summed E-state index contributed by atoms with van der Waals surface area (Å²) in [5.74, 6) is 0.591. The molecule has 0 saturated heterocycles. The zero-order chi connectivity index (χ0) is 23.5. The topological polar surface area (TPSA) is 92.3 Å². The van der Waals surface area contributed by atoms with Crippen LogP contribution in [-0.2, 0) is 14.3 Å². The molecule has 1 N–H and O–H groups in total. The minimum atomic E-state index is -0.760. The van der Waals surface area contributed by atoms with Crippen LogP contribution in [0.2, 0.25) is 5.02 Å². The van der Waals surface area contributed by atoms with Gasteiger partial charge < -0.3 is 14.3 Å². The van der Waals surface area contributed by atoms with Gasteiger partial charge in [0, 0.05) is 11.4 Å². The van der Waals surface area contributed by atoms with Crippen LogP contribution in [0.5, 0.6) is 0 Å². The van der Waals surface area contributed by atoms with E-state index in [9.17, 15) is 14.7 Å². The smallest absolute Gasteiger partial charge is 0.312 e. The third kappa shape index (κ3) is 3.75. The molecule has 7 nitrogen and oxygen atoms in total. The van der Waals surface area contributed by atoms with Crippen LogP contribution in [0, 0.1) is 17.3 Å². The Balaban J connectivity index is 1.18. The van der Waals surface area contributed by atoms with E-state index in [-0.39, 0.29) is 12.6 Å². The van der Waals surface area contributed by atoms with Crippen LogP contribution >= 0.6 is 11.6 Å². The van der Waals surface area contributed by atoms with Crippen LogP contribution in [0.1, 0.15) is 62.3 Å². The quantitative estimate of drug-likeness (QED) is 0.634. The fourth-order valence-electron chi connectivity index (χ4n) is 7.06. The number of ether oxygens (including phenoxy) is 1. The molecular weight excluding hydrogens is 456 g/mol. The summed E-state index contributed by atoms with van der Waals surface area (Å²) in [5.41, 5.74) is 0.183. The molecule has 4 saturated carbocycles. The number of esters is 1. The Morgan fingerprint density at radius 1 is 1.15 bits per heavy atom. The largest absolute Gasteiger partial charge is 0.467 e. The summed E-state index contributed by atoms with van der Waals surface area (Å²) in [5, 5.41) is 17.5. The zero-order valence-corrected chi connectivity index (χ0v) is 19.5. The van der Waals surface area contributed by atoms with Crippen LogP contribution in [0.25, 0.3) is 0 Å². The molecule has 1 aromatic heterocycles. The van der Waals surface area contributed by atoms with Gasteiger partial charge in [-0.05, 0) is 80.2 Å². The molecule has 1 aromatic carbocycles. The van der Waals surface area contributed by atoms with E-state index in [0.29, 0.717) is 35.5 Å². The van der Waals surface area contributed by atoms with Crippen molar-refractivity contribution >= 4 is 29.2 Å². The molecule has 4 bridgehead atoms. The number of nitrogens with zero attached hydrogens (tertiary/aromatic N) is 2. The number of carbonyl (C=O) groups is 2. The molecule has 0 spiro atoms. The van der Waals surface area contributed by atoms with Gasteiger partial charge in [-0.25, -0.2) is 5.01 Å². The number of benzene rings is 1. The summed E-state index contributed by atoms with van der Waals surface area (Å²) in [7, 11) is 0. The van der Waals surface area contributed by atoms with Crippen molar-refractivity contribution in [3.05, 3.63) is 59.0 Å². The SMILES string of the molecule is O=C(COC(=O)C12CC3CC(CC(O)(C3)C1)C2)N1N=C(c2ccc(Cl)cc2)CC1c1ccco1. The van der Waals surface area contributed by atoms with Crippen molar-refractivity contribution in [1.29, 1.82) is 0 Å². The molecule has 1 amide bonds. The third-order valence-corrected chi connectivity index (χ3v) is 8.26. The van der Waals surface area contributed by atoms with E-state index in [1.807, 2.05) is 18.2 Å². The molecule has 1 aliphatic heterocycles. The normalized spacial score (nSPS) is 33.8. The summed E-state index contributed by atoms with van der Waals surface area (Å²) in [6.45, 7) is -0.386. The molecular formula is C26H27ClN2O5. The number of hydrazone groups is 1. The Bertz CT molecular complexity index is 1130. The van der Waals surface area contributed by atoms with Gasteiger partial charge in [0.1, 0.15) is 11.8 Å². The maximum Gasteiger partial charge on any atom is 0.312 e. The predicted molar refractivity (Wildman–Crippen MR) is 124 cm³/mol. The molecule has 4 aliphatic carbocycles. The minimum Gasteiger partial charge on any atom is -0.467 e. The number of carbonyl (C=O) groups excluding carboxylic acids is 2. The number of furan rings is 1. The van der Waals surface area contributed by atoms with E-state index in [0.717, 1.165) is 43.4 Å². The summed E-state index contributed by atoms with van der Waals surface area (Å²) in [6.07, 6.45) is 6.61. The highest BCUT2D eigenvalue weighted by Crippen LogP contribution is 2.62. The summed E-state index contributed by atoms with van der Waals surface area (Å²) < 4.78 is 11.2. The fraction of sp³-hybridized carbons (Fsp3) is 0.500. The fourth-order valence-corrected chi connectivity index (χ4v) is 7.19. The Hall–Kier alpha value is -2.64. The van der Waals surface area contributed by atoms with Crippen LogP contribution in [0.3, 0.4) is 0 Å². The van der Waals surface area contributed by atoms with Gasteiger partial charge in [0.05, 0.1) is 23.0 Å². The highest BCUT2D eigenvalue weighted by Gasteiger charge is 2.61. The summed E-state index contributed by atoms with van der Waals surface area (Å²) in [6, 6.07) is 10.5. The molecule has 5 aliphatic rings. The molecule has 7 rings (SSSR count). The lowest BCUT2D eigenvalue weighted by Gasteiger charge is -2.58. The van der Waals surface area contributed by atoms with Crippen LogP contribution in [0.15, 0.2) is 52.2 Å². The lowest BCUT2D eigenvalue weighted by Crippen LogP contribution is -2.58. The molecule has 3 atom stereocenters. The van der Waals surface area contributed by atoms with Crippen LogP contribution in [0.4, 0.5) is 0 Å². The molecule has 34 heavy (non-hydrogen) atoms. The second-order valence-electron chi connectivity index (χ2n) is 10.6. The molecule has 3 unspecified atom stereocenters. The van der Waals surface area contributed by atoms with Crippen molar-refractivity contribution < 1.29 is 23.8 Å². The lowest BCUT2D eigenvalue weighted by atomic mass is 9.48. The first kappa shape index (κ1) is 21.9. The Kier molecular flexibility index (Phi) is 5.12. The van der Waals surface area contributed by atoms with Gasteiger partial charge in [0.2, 0.25) is 0 Å². The van der Waals surface area contributed by atoms with Gasteiger partial charge in [0.25, 0.3) is 5.91 Å². The maximum atomic E-state index is 13.2. The lowest BCUT2D eigenvalue weighted by molar-refractivity contribution is -0.197. The van der Waals surface area contributed by atoms with Crippen LogP contribution in [-0.4, -0.2) is 39.9 Å². The second kappa shape index (κ2) is 7.95. The van der Waals surface area contributed by atoms with E-state index >= 15 is 0 Å². The highest BCUT2D eigenvalue weighted by atomic mass is 35.5. The van der Waals surface area contributed by atoms with Crippen molar-refractivity contribution in [3.8, 4) is 0 Å². The van der Waals surface area contributed by atoms with Gasteiger partial charge in [-0.3, -0.25) is 9.59 Å². The van der Waals surface area contributed by atoms with E-state index in [2.05, 4.69) is 5.10 Å². The number of halogens is 1. The number of hydrogen-bond acceptors (Lipinski definition) is 6. The monoisotopic (exact) mass is 482 g/mol. The van der Waals surface area contributed by atoms with E-state index in [1.165, 1.54) is 5.01 Å². The van der Waals surface area contributed by atoms with Crippen molar-refractivity contribution in [2.75, 3.05) is 6.61 Å². The third-order valence-electron chi connectivity index (χ3n) is 8.00. The summed E-state index contributed by atoms with van der Waals surface area (Å²) in [4.78, 5) is 26.4. The van der Waals surface area contributed by atoms with Gasteiger partial charge in [-0.2, -0.15) is 5.10 Å². The van der Waals surface area contributed by atoms with Gasteiger partial charge in [0.15, 0.2) is 6.61 Å². The molecule has 2 heterocycles. The molecule has 2 aromatic rings. The van der Waals surface area contributed by atoms with Crippen molar-refractivity contribution in [3.63, 3.8) is 0 Å². The Morgan fingerprint density at radius 3 is 2.53 bits per heavy atom. The number of rotatable bonds is 5. The molecule has 178 valence electrons. The first-order chi connectivity index (χ1) is 16.3. The Morgan fingerprint density at radius 2 is 1.88 bits per heavy atom. The molecule has 0 radical (unpaired) electrons. The van der Waals surface area contributed by atoms with Crippen molar-refractivity contribution in [2.24, 2.45) is 22.4 Å². The summed E-state index contributed by atoms with van der Waals surface area (Å²) >= 11 is 6.02.